The molecule has 1 saturated heterocycles. The number of primary amides is 1. The quantitative estimate of drug-likeness (QED) is 0.720. The molecule has 1 fully saturated rings. The van der Waals surface area contributed by atoms with Crippen LogP contribution in [0, 0.1) is 5.82 Å². The van der Waals surface area contributed by atoms with E-state index in [1.165, 1.54) is 21.9 Å². The standard InChI is InChI=1S/C15H18FN3O3.CH2O2/c1-10-15(22)18(8-11-3-2-4-12(16)7-11)9-14(21)19(10)6-5-13(17)20;2-1-3/h2-4,7,10H,5-6,8-9H2,1H3,(H2,17,20);1H,(H,2,3)/t10-;/m0./s1. The molecule has 0 radical (unpaired) electrons. The minimum atomic E-state index is -0.658. The fraction of sp³-hybridized carbons (Fsp3) is 0.375. The normalized spacial score (nSPS) is 17.0. The van der Waals surface area contributed by atoms with E-state index in [0.29, 0.717) is 5.56 Å². The average molecular weight is 353 g/mol. The Kier molecular flexibility index (Phi) is 7.51. The number of amides is 3. The zero-order valence-corrected chi connectivity index (χ0v) is 13.7. The Balaban J connectivity index is 0.000000970. The highest BCUT2D eigenvalue weighted by Crippen LogP contribution is 2.16. The number of carbonyl (C=O) groups excluding carboxylic acids is 3. The van der Waals surface area contributed by atoms with Crippen LogP contribution in [0.4, 0.5) is 4.39 Å². The van der Waals surface area contributed by atoms with Gasteiger partial charge in [0.05, 0.1) is 0 Å². The number of benzene rings is 1. The van der Waals surface area contributed by atoms with E-state index in [1.807, 2.05) is 0 Å². The molecule has 1 aliphatic heterocycles. The third-order valence-electron chi connectivity index (χ3n) is 3.64. The van der Waals surface area contributed by atoms with Crippen molar-refractivity contribution in [3.63, 3.8) is 0 Å². The molecule has 1 aromatic rings. The van der Waals surface area contributed by atoms with Crippen molar-refractivity contribution in [2.24, 2.45) is 5.73 Å². The van der Waals surface area contributed by atoms with Gasteiger partial charge in [0.2, 0.25) is 17.7 Å². The van der Waals surface area contributed by atoms with Gasteiger partial charge in [0.15, 0.2) is 0 Å². The van der Waals surface area contributed by atoms with Crippen molar-refractivity contribution in [2.45, 2.75) is 25.9 Å². The molecule has 0 saturated carbocycles. The van der Waals surface area contributed by atoms with Crippen molar-refractivity contribution >= 4 is 24.2 Å². The Bertz CT molecular complexity index is 652. The fourth-order valence-corrected chi connectivity index (χ4v) is 2.48. The van der Waals surface area contributed by atoms with Gasteiger partial charge < -0.3 is 20.6 Å². The molecule has 136 valence electrons. The average Bonchev–Trinajstić information content (AvgIpc) is 2.53. The summed E-state index contributed by atoms with van der Waals surface area (Å²) < 4.78 is 13.2. The number of hydrogen-bond donors (Lipinski definition) is 2. The van der Waals surface area contributed by atoms with Gasteiger partial charge in [-0.15, -0.1) is 0 Å². The van der Waals surface area contributed by atoms with Gasteiger partial charge in [-0.1, -0.05) is 12.1 Å². The van der Waals surface area contributed by atoms with Crippen LogP contribution in [0.25, 0.3) is 0 Å². The first kappa shape index (κ1) is 20.1. The highest BCUT2D eigenvalue weighted by atomic mass is 19.1. The number of nitrogens with two attached hydrogens (primary N) is 1. The van der Waals surface area contributed by atoms with E-state index in [1.54, 1.807) is 19.1 Å². The van der Waals surface area contributed by atoms with Gasteiger partial charge in [0.25, 0.3) is 6.47 Å². The van der Waals surface area contributed by atoms with Crippen LogP contribution in [0.2, 0.25) is 0 Å². The lowest BCUT2D eigenvalue weighted by Crippen LogP contribution is -2.58. The lowest BCUT2D eigenvalue weighted by Gasteiger charge is -2.38. The third kappa shape index (κ3) is 5.87. The predicted molar refractivity (Wildman–Crippen MR) is 85.5 cm³/mol. The summed E-state index contributed by atoms with van der Waals surface area (Å²) in [5.41, 5.74) is 5.70. The molecule has 0 aromatic heterocycles. The maximum Gasteiger partial charge on any atom is 0.290 e. The lowest BCUT2D eigenvalue weighted by molar-refractivity contribution is -0.155. The maximum atomic E-state index is 13.2. The molecule has 8 nitrogen and oxygen atoms in total. The van der Waals surface area contributed by atoms with Crippen LogP contribution >= 0.6 is 0 Å². The zero-order chi connectivity index (χ0) is 19.0. The molecule has 0 bridgehead atoms. The molecule has 3 amide bonds. The Hall–Kier alpha value is -2.97. The van der Waals surface area contributed by atoms with Crippen molar-refractivity contribution in [2.75, 3.05) is 13.1 Å². The van der Waals surface area contributed by atoms with Crippen LogP contribution < -0.4 is 5.73 Å². The topological polar surface area (TPSA) is 121 Å². The van der Waals surface area contributed by atoms with Gasteiger partial charge in [0.1, 0.15) is 18.4 Å². The van der Waals surface area contributed by atoms with E-state index >= 15 is 0 Å². The number of nitrogens with zero attached hydrogens (tertiary/aromatic N) is 2. The molecule has 9 heteroatoms. The molecule has 1 heterocycles. The van der Waals surface area contributed by atoms with Crippen LogP contribution in [0.5, 0.6) is 0 Å². The fourth-order valence-electron chi connectivity index (χ4n) is 2.48. The first-order chi connectivity index (χ1) is 11.8. The van der Waals surface area contributed by atoms with Gasteiger partial charge in [-0.3, -0.25) is 19.2 Å². The van der Waals surface area contributed by atoms with Crippen LogP contribution in [0.3, 0.4) is 0 Å². The summed E-state index contributed by atoms with van der Waals surface area (Å²) in [5, 5.41) is 6.89. The summed E-state index contributed by atoms with van der Waals surface area (Å²) in [6.07, 6.45) is 0.0211. The maximum absolute atomic E-state index is 13.2. The first-order valence-corrected chi connectivity index (χ1v) is 7.49. The van der Waals surface area contributed by atoms with Crippen molar-refractivity contribution in [1.82, 2.24) is 9.80 Å². The predicted octanol–water partition coefficient (Wildman–Crippen LogP) is -0.0388. The lowest BCUT2D eigenvalue weighted by atomic mass is 10.1. The van der Waals surface area contributed by atoms with Crippen LogP contribution in [0.15, 0.2) is 24.3 Å². The highest BCUT2D eigenvalue weighted by molar-refractivity contribution is 5.94. The minimum absolute atomic E-state index is 0.0211. The molecule has 0 unspecified atom stereocenters. The van der Waals surface area contributed by atoms with Crippen molar-refractivity contribution in [3.8, 4) is 0 Å². The molecule has 1 aliphatic rings. The van der Waals surface area contributed by atoms with E-state index < -0.39 is 11.9 Å². The smallest absolute Gasteiger partial charge is 0.290 e. The van der Waals surface area contributed by atoms with Crippen molar-refractivity contribution < 1.29 is 28.7 Å². The molecular formula is C16H20FN3O5. The number of rotatable bonds is 5. The summed E-state index contributed by atoms with van der Waals surface area (Å²) in [4.78, 5) is 46.4. The van der Waals surface area contributed by atoms with E-state index in [9.17, 15) is 18.8 Å². The number of piperazine rings is 1. The summed E-state index contributed by atoms with van der Waals surface area (Å²) in [6.45, 7) is 1.59. The monoisotopic (exact) mass is 353 g/mol. The molecule has 1 atom stereocenters. The van der Waals surface area contributed by atoms with Crippen molar-refractivity contribution in [1.29, 1.82) is 0 Å². The van der Waals surface area contributed by atoms with Gasteiger partial charge in [0, 0.05) is 19.5 Å². The van der Waals surface area contributed by atoms with E-state index in [2.05, 4.69) is 0 Å². The van der Waals surface area contributed by atoms with E-state index in [4.69, 9.17) is 15.6 Å². The first-order valence-electron chi connectivity index (χ1n) is 7.49. The highest BCUT2D eigenvalue weighted by Gasteiger charge is 2.36. The Labute approximate surface area is 144 Å². The summed E-state index contributed by atoms with van der Waals surface area (Å²) >= 11 is 0. The Morgan fingerprint density at radius 2 is 2.08 bits per heavy atom. The van der Waals surface area contributed by atoms with Crippen molar-refractivity contribution in [3.05, 3.63) is 35.6 Å². The van der Waals surface area contributed by atoms with Gasteiger partial charge in [-0.05, 0) is 24.6 Å². The number of carboxylic acid groups (broad SMARTS) is 1. The molecule has 3 N–H and O–H groups in total. The summed E-state index contributed by atoms with van der Waals surface area (Å²) in [7, 11) is 0. The molecule has 0 aliphatic carbocycles. The Morgan fingerprint density at radius 3 is 2.64 bits per heavy atom. The van der Waals surface area contributed by atoms with E-state index in [0.717, 1.165) is 0 Å². The Morgan fingerprint density at radius 1 is 1.44 bits per heavy atom. The second-order valence-electron chi connectivity index (χ2n) is 5.41. The van der Waals surface area contributed by atoms with Crippen LogP contribution in [0.1, 0.15) is 18.9 Å². The number of halogens is 1. The molecule has 2 rings (SSSR count). The zero-order valence-electron chi connectivity index (χ0n) is 13.7. The summed E-state index contributed by atoms with van der Waals surface area (Å²) in [5.74, 6) is -1.38. The van der Waals surface area contributed by atoms with Gasteiger partial charge in [-0.2, -0.15) is 0 Å². The third-order valence-corrected chi connectivity index (χ3v) is 3.64. The number of carbonyl (C=O) groups is 4. The van der Waals surface area contributed by atoms with Crippen LogP contribution in [-0.4, -0.2) is 58.2 Å². The SMILES string of the molecule is C[C@H]1C(=O)N(Cc2cccc(F)c2)CC(=O)N1CCC(N)=O.O=CO. The minimum Gasteiger partial charge on any atom is -0.483 e. The summed E-state index contributed by atoms with van der Waals surface area (Å²) in [6, 6.07) is 5.26. The number of hydrogen-bond acceptors (Lipinski definition) is 4. The van der Waals surface area contributed by atoms with Crippen LogP contribution in [-0.2, 0) is 25.7 Å². The molecule has 1 aromatic carbocycles. The second-order valence-corrected chi connectivity index (χ2v) is 5.41. The van der Waals surface area contributed by atoms with Gasteiger partial charge >= 0.3 is 0 Å². The molecule has 0 spiro atoms. The largest absolute Gasteiger partial charge is 0.483 e. The molecular weight excluding hydrogens is 333 g/mol. The van der Waals surface area contributed by atoms with E-state index in [-0.39, 0.29) is 50.2 Å². The van der Waals surface area contributed by atoms with Gasteiger partial charge in [-0.25, -0.2) is 4.39 Å². The molecule has 25 heavy (non-hydrogen) atoms. The second kappa shape index (κ2) is 9.36.